The van der Waals surface area contributed by atoms with Crippen LogP contribution in [0.3, 0.4) is 0 Å². The monoisotopic (exact) mass is 317 g/mol. The molecule has 1 atom stereocenters. The summed E-state index contributed by atoms with van der Waals surface area (Å²) in [6.07, 6.45) is 0.242. The van der Waals surface area contributed by atoms with Crippen molar-refractivity contribution >= 4 is 17.5 Å². The third-order valence-electron chi connectivity index (χ3n) is 3.39. The quantitative estimate of drug-likeness (QED) is 0.880. The molecule has 0 aliphatic carbocycles. The highest BCUT2D eigenvalue weighted by molar-refractivity contribution is 6.30. The van der Waals surface area contributed by atoms with E-state index in [1.807, 2.05) is 55.5 Å². The van der Waals surface area contributed by atoms with Crippen LogP contribution in [-0.4, -0.2) is 18.6 Å². The molecular formula is C18H20ClNO2. The summed E-state index contributed by atoms with van der Waals surface area (Å²) < 4.78 is 5.70. The average Bonchev–Trinajstić information content (AvgIpc) is 2.51. The molecule has 2 aromatic carbocycles. The van der Waals surface area contributed by atoms with Crippen molar-refractivity contribution in [2.24, 2.45) is 0 Å². The molecule has 22 heavy (non-hydrogen) atoms. The topological polar surface area (TPSA) is 38.3 Å². The fourth-order valence-corrected chi connectivity index (χ4v) is 2.18. The third-order valence-corrected chi connectivity index (χ3v) is 3.64. The van der Waals surface area contributed by atoms with Gasteiger partial charge in [0.1, 0.15) is 5.75 Å². The summed E-state index contributed by atoms with van der Waals surface area (Å²) in [5.74, 6) is 0.625. The molecule has 0 aliphatic heterocycles. The second kappa shape index (κ2) is 7.85. The molecule has 1 amide bonds. The maximum absolute atomic E-state index is 12.0. The Morgan fingerprint density at radius 1 is 1.18 bits per heavy atom. The molecule has 1 N–H and O–H groups in total. The molecule has 116 valence electrons. The van der Waals surface area contributed by atoms with Gasteiger partial charge >= 0.3 is 0 Å². The predicted molar refractivity (Wildman–Crippen MR) is 89.4 cm³/mol. The number of carbonyl (C=O) groups excluding carboxylic acids is 1. The largest absolute Gasteiger partial charge is 0.481 e. The number of amides is 1. The van der Waals surface area contributed by atoms with E-state index in [-0.39, 0.29) is 5.91 Å². The van der Waals surface area contributed by atoms with Crippen molar-refractivity contribution in [2.45, 2.75) is 26.4 Å². The van der Waals surface area contributed by atoms with Crippen LogP contribution in [0.15, 0.2) is 48.5 Å². The molecule has 3 nitrogen and oxygen atoms in total. The molecule has 4 heteroatoms. The van der Waals surface area contributed by atoms with Gasteiger partial charge in [-0.05, 0) is 49.6 Å². The highest BCUT2D eigenvalue weighted by Crippen LogP contribution is 2.17. The van der Waals surface area contributed by atoms with Crippen molar-refractivity contribution in [3.63, 3.8) is 0 Å². The summed E-state index contributed by atoms with van der Waals surface area (Å²) in [4.78, 5) is 12.0. The number of aryl methyl sites for hydroxylation is 1. The maximum atomic E-state index is 12.0. The van der Waals surface area contributed by atoms with E-state index in [0.29, 0.717) is 11.6 Å². The number of rotatable bonds is 6. The van der Waals surface area contributed by atoms with Gasteiger partial charge in [0.15, 0.2) is 6.10 Å². The summed E-state index contributed by atoms with van der Waals surface area (Å²) in [5.41, 5.74) is 2.15. The van der Waals surface area contributed by atoms with Crippen LogP contribution in [0.5, 0.6) is 5.75 Å². The standard InChI is InChI=1S/C18H20ClNO2/c1-13-5-3-4-6-17(13)22-14(2)18(21)20-12-11-15-7-9-16(19)10-8-15/h3-10,14H,11-12H2,1-2H3,(H,20,21)/t14-/m1/s1. The van der Waals surface area contributed by atoms with Gasteiger partial charge in [-0.25, -0.2) is 0 Å². The van der Waals surface area contributed by atoms with Gasteiger partial charge in [-0.3, -0.25) is 4.79 Å². The molecule has 0 radical (unpaired) electrons. The van der Waals surface area contributed by atoms with E-state index in [4.69, 9.17) is 16.3 Å². The number of para-hydroxylation sites is 1. The number of ether oxygens (including phenoxy) is 1. The van der Waals surface area contributed by atoms with E-state index in [1.54, 1.807) is 6.92 Å². The zero-order valence-corrected chi connectivity index (χ0v) is 13.6. The van der Waals surface area contributed by atoms with Gasteiger partial charge in [0.25, 0.3) is 5.91 Å². The molecular weight excluding hydrogens is 298 g/mol. The van der Waals surface area contributed by atoms with Crippen molar-refractivity contribution in [3.8, 4) is 5.75 Å². The zero-order chi connectivity index (χ0) is 15.9. The van der Waals surface area contributed by atoms with Crippen LogP contribution in [0.2, 0.25) is 5.02 Å². The average molecular weight is 318 g/mol. The van der Waals surface area contributed by atoms with Crippen molar-refractivity contribution < 1.29 is 9.53 Å². The molecule has 0 unspecified atom stereocenters. The summed E-state index contributed by atoms with van der Waals surface area (Å²) in [7, 11) is 0. The molecule has 0 saturated carbocycles. The Bertz CT molecular complexity index is 625. The lowest BCUT2D eigenvalue weighted by molar-refractivity contribution is -0.127. The first-order valence-corrected chi connectivity index (χ1v) is 7.68. The second-order valence-corrected chi connectivity index (χ2v) is 5.63. The Hall–Kier alpha value is -2.00. The van der Waals surface area contributed by atoms with Crippen molar-refractivity contribution in [1.82, 2.24) is 5.32 Å². The summed E-state index contributed by atoms with van der Waals surface area (Å²) in [6, 6.07) is 15.3. The van der Waals surface area contributed by atoms with E-state index < -0.39 is 6.10 Å². The fourth-order valence-electron chi connectivity index (χ4n) is 2.06. The summed E-state index contributed by atoms with van der Waals surface area (Å²) >= 11 is 5.84. The third kappa shape index (κ3) is 4.78. The van der Waals surface area contributed by atoms with E-state index in [1.165, 1.54) is 0 Å². The van der Waals surface area contributed by atoms with E-state index in [2.05, 4.69) is 5.32 Å². The molecule has 0 aliphatic rings. The highest BCUT2D eigenvalue weighted by atomic mass is 35.5. The minimum Gasteiger partial charge on any atom is -0.481 e. The summed E-state index contributed by atoms with van der Waals surface area (Å²) in [5, 5.41) is 3.60. The first-order valence-electron chi connectivity index (χ1n) is 7.30. The van der Waals surface area contributed by atoms with Gasteiger partial charge in [-0.15, -0.1) is 0 Å². The van der Waals surface area contributed by atoms with Crippen molar-refractivity contribution in [3.05, 3.63) is 64.7 Å². The van der Waals surface area contributed by atoms with Gasteiger partial charge in [-0.1, -0.05) is 41.9 Å². The predicted octanol–water partition coefficient (Wildman–Crippen LogP) is 3.77. The SMILES string of the molecule is Cc1ccccc1O[C@H](C)C(=O)NCCc1ccc(Cl)cc1. The Labute approximate surface area is 136 Å². The molecule has 2 aromatic rings. The molecule has 0 saturated heterocycles. The van der Waals surface area contributed by atoms with Gasteiger partial charge in [0, 0.05) is 11.6 Å². The van der Waals surface area contributed by atoms with Crippen molar-refractivity contribution in [1.29, 1.82) is 0 Å². The van der Waals surface area contributed by atoms with E-state index in [9.17, 15) is 4.79 Å². The first-order chi connectivity index (χ1) is 10.6. The fraction of sp³-hybridized carbons (Fsp3) is 0.278. The summed E-state index contributed by atoms with van der Waals surface area (Å²) in [6.45, 7) is 4.28. The number of nitrogens with one attached hydrogen (secondary N) is 1. The Morgan fingerprint density at radius 3 is 2.55 bits per heavy atom. The van der Waals surface area contributed by atoms with Crippen LogP contribution < -0.4 is 10.1 Å². The van der Waals surface area contributed by atoms with Gasteiger partial charge < -0.3 is 10.1 Å². The lowest BCUT2D eigenvalue weighted by Crippen LogP contribution is -2.37. The van der Waals surface area contributed by atoms with E-state index >= 15 is 0 Å². The number of hydrogen-bond acceptors (Lipinski definition) is 2. The maximum Gasteiger partial charge on any atom is 0.260 e. The minimum atomic E-state index is -0.522. The number of halogens is 1. The van der Waals surface area contributed by atoms with Gasteiger partial charge in [0.05, 0.1) is 0 Å². The zero-order valence-electron chi connectivity index (χ0n) is 12.8. The van der Waals surface area contributed by atoms with Gasteiger partial charge in [-0.2, -0.15) is 0 Å². The van der Waals surface area contributed by atoms with Crippen molar-refractivity contribution in [2.75, 3.05) is 6.54 Å². The van der Waals surface area contributed by atoms with Crippen LogP contribution in [0.4, 0.5) is 0 Å². The van der Waals surface area contributed by atoms with Crippen LogP contribution in [0, 0.1) is 6.92 Å². The molecule has 0 spiro atoms. The smallest absolute Gasteiger partial charge is 0.260 e. The lowest BCUT2D eigenvalue weighted by Gasteiger charge is -2.16. The molecule has 0 fully saturated rings. The Balaban J connectivity index is 1.79. The molecule has 0 aromatic heterocycles. The second-order valence-electron chi connectivity index (χ2n) is 5.19. The molecule has 2 rings (SSSR count). The normalized spacial score (nSPS) is 11.8. The van der Waals surface area contributed by atoms with Crippen LogP contribution >= 0.6 is 11.6 Å². The van der Waals surface area contributed by atoms with Crippen LogP contribution in [0.1, 0.15) is 18.1 Å². The minimum absolute atomic E-state index is 0.114. The Kier molecular flexibility index (Phi) is 5.84. The lowest BCUT2D eigenvalue weighted by atomic mass is 10.1. The molecule has 0 bridgehead atoms. The Morgan fingerprint density at radius 2 is 1.86 bits per heavy atom. The first kappa shape index (κ1) is 16.4. The number of carbonyl (C=O) groups is 1. The highest BCUT2D eigenvalue weighted by Gasteiger charge is 2.14. The number of hydrogen-bond donors (Lipinski definition) is 1. The van der Waals surface area contributed by atoms with Crippen LogP contribution in [0.25, 0.3) is 0 Å². The van der Waals surface area contributed by atoms with Crippen LogP contribution in [-0.2, 0) is 11.2 Å². The van der Waals surface area contributed by atoms with E-state index in [0.717, 1.165) is 23.3 Å². The number of benzene rings is 2. The van der Waals surface area contributed by atoms with Gasteiger partial charge in [0.2, 0.25) is 0 Å². The molecule has 0 heterocycles.